The summed E-state index contributed by atoms with van der Waals surface area (Å²) in [6, 6.07) is 10.4. The van der Waals surface area contributed by atoms with Gasteiger partial charge in [0.1, 0.15) is 5.82 Å². The zero-order chi connectivity index (χ0) is 14.8. The molecule has 0 saturated heterocycles. The number of pyridine rings is 1. The van der Waals surface area contributed by atoms with E-state index < -0.39 is 0 Å². The van der Waals surface area contributed by atoms with Gasteiger partial charge in [0, 0.05) is 24.9 Å². The highest BCUT2D eigenvalue weighted by Crippen LogP contribution is 2.22. The Bertz CT molecular complexity index is 760. The molecule has 0 aliphatic heterocycles. The minimum atomic E-state index is 0.177. The van der Waals surface area contributed by atoms with Gasteiger partial charge in [-0.1, -0.05) is 19.1 Å². The monoisotopic (exact) mass is 281 g/mol. The van der Waals surface area contributed by atoms with E-state index in [-0.39, 0.29) is 6.61 Å². The van der Waals surface area contributed by atoms with Crippen LogP contribution in [0.3, 0.4) is 0 Å². The van der Waals surface area contributed by atoms with Crippen LogP contribution in [0.1, 0.15) is 23.9 Å². The van der Waals surface area contributed by atoms with Crippen LogP contribution in [-0.2, 0) is 12.8 Å². The van der Waals surface area contributed by atoms with Crippen molar-refractivity contribution in [3.05, 3.63) is 53.5 Å². The molecule has 0 spiro atoms. The highest BCUT2D eigenvalue weighted by atomic mass is 16.2. The molecule has 4 nitrogen and oxygen atoms in total. The number of hydrogen-bond acceptors (Lipinski definition) is 3. The third-order valence-electron chi connectivity index (χ3n) is 3.63. The van der Waals surface area contributed by atoms with Gasteiger partial charge in [0.15, 0.2) is 5.65 Å². The van der Waals surface area contributed by atoms with Crippen molar-refractivity contribution in [1.82, 2.24) is 14.5 Å². The van der Waals surface area contributed by atoms with E-state index in [4.69, 9.17) is 5.11 Å². The second kappa shape index (κ2) is 5.66. The first kappa shape index (κ1) is 13.8. The molecule has 0 bridgehead atoms. The van der Waals surface area contributed by atoms with Gasteiger partial charge in [-0.2, -0.15) is 0 Å². The van der Waals surface area contributed by atoms with Gasteiger partial charge < -0.3 is 5.11 Å². The van der Waals surface area contributed by atoms with Crippen LogP contribution in [0.5, 0.6) is 0 Å². The standard InChI is InChI=1S/C17H19N3O/c1-3-16-19-17-15(10-12(2)11-18-17)20(16)14-6-4-13(5-7-14)8-9-21/h4-7,10-11,21H,3,8-9H2,1-2H3. The van der Waals surface area contributed by atoms with Crippen molar-refractivity contribution < 1.29 is 5.11 Å². The summed E-state index contributed by atoms with van der Waals surface area (Å²) in [5.74, 6) is 1.01. The fourth-order valence-electron chi connectivity index (χ4n) is 2.57. The van der Waals surface area contributed by atoms with Crippen molar-refractivity contribution in [2.45, 2.75) is 26.7 Å². The molecule has 2 heterocycles. The molecule has 3 rings (SSSR count). The third-order valence-corrected chi connectivity index (χ3v) is 3.63. The van der Waals surface area contributed by atoms with E-state index in [0.717, 1.165) is 40.2 Å². The number of benzene rings is 1. The summed E-state index contributed by atoms with van der Waals surface area (Å²) in [6.45, 7) is 4.32. The SMILES string of the molecule is CCc1nc2ncc(C)cc2n1-c1ccc(CCO)cc1. The van der Waals surface area contributed by atoms with Crippen LogP contribution in [0.25, 0.3) is 16.9 Å². The number of fused-ring (bicyclic) bond motifs is 1. The summed E-state index contributed by atoms with van der Waals surface area (Å²) < 4.78 is 2.16. The predicted octanol–water partition coefficient (Wildman–Crippen LogP) is 2.83. The molecule has 0 atom stereocenters. The van der Waals surface area contributed by atoms with E-state index in [1.54, 1.807) is 0 Å². The van der Waals surface area contributed by atoms with E-state index in [1.807, 2.05) is 13.1 Å². The Morgan fingerprint density at radius 1 is 1.19 bits per heavy atom. The first-order valence-corrected chi connectivity index (χ1v) is 7.27. The van der Waals surface area contributed by atoms with Gasteiger partial charge in [0.05, 0.1) is 5.52 Å². The van der Waals surface area contributed by atoms with E-state index in [1.165, 1.54) is 0 Å². The van der Waals surface area contributed by atoms with Gasteiger partial charge in [0.25, 0.3) is 0 Å². The number of imidazole rings is 1. The summed E-state index contributed by atoms with van der Waals surface area (Å²) in [5.41, 5.74) is 5.18. The summed E-state index contributed by atoms with van der Waals surface area (Å²) in [4.78, 5) is 9.04. The number of aromatic nitrogens is 3. The minimum absolute atomic E-state index is 0.177. The summed E-state index contributed by atoms with van der Waals surface area (Å²) in [5, 5.41) is 9.00. The van der Waals surface area contributed by atoms with Crippen LogP contribution in [0, 0.1) is 6.92 Å². The van der Waals surface area contributed by atoms with Gasteiger partial charge in [-0.3, -0.25) is 4.57 Å². The molecule has 1 N–H and O–H groups in total. The van der Waals surface area contributed by atoms with Crippen molar-refractivity contribution in [3.8, 4) is 5.69 Å². The molecule has 3 aromatic rings. The van der Waals surface area contributed by atoms with Crippen molar-refractivity contribution in [1.29, 1.82) is 0 Å². The van der Waals surface area contributed by atoms with Crippen LogP contribution in [-0.4, -0.2) is 26.2 Å². The maximum atomic E-state index is 9.00. The van der Waals surface area contributed by atoms with E-state index in [2.05, 4.69) is 51.8 Å². The summed E-state index contributed by atoms with van der Waals surface area (Å²) in [6.07, 6.45) is 3.39. The molecule has 0 aliphatic carbocycles. The lowest BCUT2D eigenvalue weighted by atomic mass is 10.1. The number of aliphatic hydroxyl groups excluding tert-OH is 1. The maximum Gasteiger partial charge on any atom is 0.178 e. The summed E-state index contributed by atoms with van der Waals surface area (Å²) in [7, 11) is 0. The zero-order valence-electron chi connectivity index (χ0n) is 12.4. The van der Waals surface area contributed by atoms with Gasteiger partial charge in [0.2, 0.25) is 0 Å². The lowest BCUT2D eigenvalue weighted by Crippen LogP contribution is -2.00. The molecule has 21 heavy (non-hydrogen) atoms. The Morgan fingerprint density at radius 3 is 2.62 bits per heavy atom. The van der Waals surface area contributed by atoms with Crippen LogP contribution >= 0.6 is 0 Å². The zero-order valence-corrected chi connectivity index (χ0v) is 12.4. The van der Waals surface area contributed by atoms with Crippen LogP contribution in [0.15, 0.2) is 36.5 Å². The van der Waals surface area contributed by atoms with Crippen molar-refractivity contribution >= 4 is 11.2 Å². The van der Waals surface area contributed by atoms with E-state index in [0.29, 0.717) is 6.42 Å². The summed E-state index contributed by atoms with van der Waals surface area (Å²) >= 11 is 0. The molecule has 108 valence electrons. The Balaban J connectivity index is 2.15. The van der Waals surface area contributed by atoms with Crippen LogP contribution < -0.4 is 0 Å². The Labute approximate surface area is 124 Å². The molecule has 4 heteroatoms. The van der Waals surface area contributed by atoms with E-state index in [9.17, 15) is 0 Å². The number of rotatable bonds is 4. The molecular formula is C17H19N3O. The highest BCUT2D eigenvalue weighted by Gasteiger charge is 2.12. The quantitative estimate of drug-likeness (QED) is 0.800. The molecule has 2 aromatic heterocycles. The molecule has 0 amide bonds. The number of aliphatic hydroxyl groups is 1. The van der Waals surface area contributed by atoms with Gasteiger partial charge in [-0.15, -0.1) is 0 Å². The molecule has 0 aliphatic rings. The smallest absolute Gasteiger partial charge is 0.178 e. The van der Waals surface area contributed by atoms with Crippen molar-refractivity contribution in [2.75, 3.05) is 6.61 Å². The predicted molar refractivity (Wildman–Crippen MR) is 83.8 cm³/mol. The van der Waals surface area contributed by atoms with Gasteiger partial charge in [-0.05, 0) is 42.7 Å². The Hall–Kier alpha value is -2.20. The average Bonchev–Trinajstić information content (AvgIpc) is 2.86. The highest BCUT2D eigenvalue weighted by molar-refractivity contribution is 5.75. The lowest BCUT2D eigenvalue weighted by molar-refractivity contribution is 0.299. The first-order chi connectivity index (χ1) is 10.2. The van der Waals surface area contributed by atoms with Crippen LogP contribution in [0.2, 0.25) is 0 Å². The molecule has 0 saturated carbocycles. The van der Waals surface area contributed by atoms with Gasteiger partial charge in [-0.25, -0.2) is 9.97 Å². The van der Waals surface area contributed by atoms with Crippen molar-refractivity contribution in [3.63, 3.8) is 0 Å². The maximum absolute atomic E-state index is 9.00. The van der Waals surface area contributed by atoms with Crippen LogP contribution in [0.4, 0.5) is 0 Å². The second-order valence-electron chi connectivity index (χ2n) is 5.21. The minimum Gasteiger partial charge on any atom is -0.396 e. The molecular weight excluding hydrogens is 262 g/mol. The number of aryl methyl sites for hydroxylation is 2. The lowest BCUT2D eigenvalue weighted by Gasteiger charge is -2.09. The van der Waals surface area contributed by atoms with E-state index >= 15 is 0 Å². The second-order valence-corrected chi connectivity index (χ2v) is 5.21. The first-order valence-electron chi connectivity index (χ1n) is 7.27. The Morgan fingerprint density at radius 2 is 1.95 bits per heavy atom. The normalized spacial score (nSPS) is 11.2. The largest absolute Gasteiger partial charge is 0.396 e. The third kappa shape index (κ3) is 2.54. The van der Waals surface area contributed by atoms with Gasteiger partial charge >= 0.3 is 0 Å². The number of hydrogen-bond donors (Lipinski definition) is 1. The molecule has 0 fully saturated rings. The molecule has 0 unspecified atom stereocenters. The fraction of sp³-hybridized carbons (Fsp3) is 0.294. The topological polar surface area (TPSA) is 50.9 Å². The Kier molecular flexibility index (Phi) is 3.71. The number of nitrogens with zero attached hydrogens (tertiary/aromatic N) is 3. The average molecular weight is 281 g/mol. The molecule has 1 aromatic carbocycles. The fourth-order valence-corrected chi connectivity index (χ4v) is 2.57. The van der Waals surface area contributed by atoms with Crippen molar-refractivity contribution in [2.24, 2.45) is 0 Å². The molecule has 0 radical (unpaired) electrons.